The zero-order valence-electron chi connectivity index (χ0n) is 9.51. The number of aromatic hydroxyl groups is 1. The highest BCUT2D eigenvalue weighted by atomic mass is 19.1. The fraction of sp³-hybridized carbons (Fsp3) is 0.273. The molecule has 7 heteroatoms. The van der Waals surface area contributed by atoms with Gasteiger partial charge in [-0.25, -0.2) is 9.18 Å². The summed E-state index contributed by atoms with van der Waals surface area (Å²) in [5, 5.41) is 18.0. The van der Waals surface area contributed by atoms with E-state index in [4.69, 9.17) is 10.8 Å². The summed E-state index contributed by atoms with van der Waals surface area (Å²) in [6, 6.07) is 0.844. The van der Waals surface area contributed by atoms with Crippen LogP contribution in [0.5, 0.6) is 5.75 Å². The number of carbonyl (C=O) groups is 2. The number of benzene rings is 1. The number of nitrogens with two attached hydrogens (primary N) is 1. The van der Waals surface area contributed by atoms with Gasteiger partial charge in [-0.15, -0.1) is 0 Å². The first-order valence-corrected chi connectivity index (χ1v) is 4.95. The van der Waals surface area contributed by atoms with Crippen LogP contribution in [-0.4, -0.2) is 35.3 Å². The molecule has 4 N–H and O–H groups in total. The third-order valence-electron chi connectivity index (χ3n) is 2.30. The van der Waals surface area contributed by atoms with Crippen molar-refractivity contribution in [2.75, 3.05) is 7.11 Å². The number of esters is 1. The number of halogens is 1. The van der Waals surface area contributed by atoms with Crippen LogP contribution in [0, 0.1) is 5.82 Å². The van der Waals surface area contributed by atoms with Crippen LogP contribution in [0.4, 0.5) is 4.39 Å². The molecule has 0 heterocycles. The van der Waals surface area contributed by atoms with Crippen molar-refractivity contribution in [3.05, 3.63) is 29.1 Å². The minimum Gasteiger partial charge on any atom is -0.504 e. The maximum atomic E-state index is 13.3. The molecule has 1 atom stereocenters. The van der Waals surface area contributed by atoms with Crippen molar-refractivity contribution in [3.63, 3.8) is 0 Å². The van der Waals surface area contributed by atoms with Crippen LogP contribution >= 0.6 is 0 Å². The summed E-state index contributed by atoms with van der Waals surface area (Å²) in [5.41, 5.74) is 5.11. The molecule has 0 saturated heterocycles. The molecule has 98 valence electrons. The molecule has 0 amide bonds. The van der Waals surface area contributed by atoms with Crippen molar-refractivity contribution >= 4 is 11.9 Å². The van der Waals surface area contributed by atoms with E-state index < -0.39 is 29.5 Å². The lowest BCUT2D eigenvalue weighted by molar-refractivity contribution is -0.138. The number of carboxylic acids is 1. The number of ether oxygens (including phenoxy) is 1. The molecule has 0 aliphatic carbocycles. The number of hydrogen-bond acceptors (Lipinski definition) is 5. The summed E-state index contributed by atoms with van der Waals surface area (Å²) in [6.45, 7) is 0. The first-order chi connectivity index (χ1) is 8.36. The van der Waals surface area contributed by atoms with Crippen LogP contribution in [0.2, 0.25) is 0 Å². The van der Waals surface area contributed by atoms with Crippen LogP contribution in [0.25, 0.3) is 0 Å². The second kappa shape index (κ2) is 5.46. The number of phenols is 1. The fourth-order valence-corrected chi connectivity index (χ4v) is 1.38. The normalized spacial score (nSPS) is 11.9. The standard InChI is InChI=1S/C11H12FNO5/c1-18-11(17)6-2-5(3-7(12)9(6)14)4-8(13)10(15)16/h2-3,8,14H,4,13H2,1H3,(H,15,16). The van der Waals surface area contributed by atoms with Gasteiger partial charge in [0.05, 0.1) is 7.11 Å². The SMILES string of the molecule is COC(=O)c1cc(CC(N)C(=O)O)cc(F)c1O. The smallest absolute Gasteiger partial charge is 0.341 e. The minimum absolute atomic E-state index is 0.170. The molecule has 0 aliphatic rings. The van der Waals surface area contributed by atoms with Crippen LogP contribution in [0.15, 0.2) is 12.1 Å². The van der Waals surface area contributed by atoms with Crippen LogP contribution in [0.3, 0.4) is 0 Å². The Bertz CT molecular complexity index is 489. The number of carbonyl (C=O) groups excluding carboxylic acids is 1. The minimum atomic E-state index is -1.25. The Kier molecular flexibility index (Phi) is 4.22. The number of phenolic OH excluding ortho intramolecular Hbond substituents is 1. The predicted octanol–water partition coefficient (Wildman–Crippen LogP) is 0.272. The molecule has 0 bridgehead atoms. The first-order valence-electron chi connectivity index (χ1n) is 4.95. The topological polar surface area (TPSA) is 110 Å². The van der Waals surface area contributed by atoms with E-state index >= 15 is 0 Å². The average Bonchev–Trinajstić information content (AvgIpc) is 2.32. The van der Waals surface area contributed by atoms with Gasteiger partial charge in [-0.2, -0.15) is 0 Å². The van der Waals surface area contributed by atoms with Gasteiger partial charge < -0.3 is 20.7 Å². The molecule has 1 aromatic carbocycles. The number of aliphatic carboxylic acids is 1. The fourth-order valence-electron chi connectivity index (χ4n) is 1.38. The number of methoxy groups -OCH3 is 1. The van der Waals surface area contributed by atoms with Gasteiger partial charge in [0.15, 0.2) is 11.6 Å². The first kappa shape index (κ1) is 13.9. The summed E-state index contributed by atoms with van der Waals surface area (Å²) in [4.78, 5) is 21.8. The van der Waals surface area contributed by atoms with E-state index in [9.17, 15) is 19.1 Å². The Morgan fingerprint density at radius 2 is 2.11 bits per heavy atom. The van der Waals surface area contributed by atoms with Crippen LogP contribution < -0.4 is 5.73 Å². The Morgan fingerprint density at radius 3 is 2.61 bits per heavy atom. The van der Waals surface area contributed by atoms with E-state index in [-0.39, 0.29) is 17.5 Å². The van der Waals surface area contributed by atoms with Crippen molar-refractivity contribution in [2.24, 2.45) is 5.73 Å². The summed E-state index contributed by atoms with van der Waals surface area (Å²) < 4.78 is 17.7. The molecule has 6 nitrogen and oxygen atoms in total. The van der Waals surface area contributed by atoms with E-state index in [1.165, 1.54) is 0 Å². The zero-order chi connectivity index (χ0) is 13.9. The number of hydrogen-bond donors (Lipinski definition) is 3. The van der Waals surface area contributed by atoms with Gasteiger partial charge in [0, 0.05) is 0 Å². The molecular weight excluding hydrogens is 245 g/mol. The van der Waals surface area contributed by atoms with E-state index in [0.717, 1.165) is 19.2 Å². The summed E-state index contributed by atoms with van der Waals surface area (Å²) in [6.07, 6.45) is -0.170. The molecule has 1 aromatic rings. The summed E-state index contributed by atoms with van der Waals surface area (Å²) >= 11 is 0. The largest absolute Gasteiger partial charge is 0.504 e. The quantitative estimate of drug-likeness (QED) is 0.668. The highest BCUT2D eigenvalue weighted by Crippen LogP contribution is 2.24. The molecule has 0 aromatic heterocycles. The van der Waals surface area contributed by atoms with Crippen molar-refractivity contribution in [1.29, 1.82) is 0 Å². The van der Waals surface area contributed by atoms with Gasteiger partial charge in [0.1, 0.15) is 11.6 Å². The van der Waals surface area contributed by atoms with Crippen molar-refractivity contribution in [2.45, 2.75) is 12.5 Å². The second-order valence-electron chi connectivity index (χ2n) is 3.61. The third kappa shape index (κ3) is 2.95. The zero-order valence-corrected chi connectivity index (χ0v) is 9.51. The predicted molar refractivity (Wildman–Crippen MR) is 58.7 cm³/mol. The molecule has 0 aliphatic heterocycles. The molecule has 0 spiro atoms. The summed E-state index contributed by atoms with van der Waals surface area (Å²) in [5.74, 6) is -4.04. The molecule has 0 saturated carbocycles. The van der Waals surface area contributed by atoms with Gasteiger partial charge in [-0.3, -0.25) is 4.79 Å². The van der Waals surface area contributed by atoms with E-state index in [2.05, 4.69) is 4.74 Å². The Balaban J connectivity index is 3.12. The van der Waals surface area contributed by atoms with Gasteiger partial charge in [-0.05, 0) is 24.1 Å². The molecule has 0 radical (unpaired) electrons. The lowest BCUT2D eigenvalue weighted by Gasteiger charge is -2.10. The highest BCUT2D eigenvalue weighted by Gasteiger charge is 2.19. The molecule has 18 heavy (non-hydrogen) atoms. The number of carboxylic acid groups (broad SMARTS) is 1. The highest BCUT2D eigenvalue weighted by molar-refractivity contribution is 5.92. The molecule has 1 rings (SSSR count). The molecular formula is C11H12FNO5. The second-order valence-corrected chi connectivity index (χ2v) is 3.61. The Hall–Kier alpha value is -2.15. The van der Waals surface area contributed by atoms with Gasteiger partial charge in [0.25, 0.3) is 0 Å². The molecule has 0 fully saturated rings. The van der Waals surface area contributed by atoms with Crippen molar-refractivity contribution in [1.82, 2.24) is 0 Å². The van der Waals surface area contributed by atoms with E-state index in [1.807, 2.05) is 0 Å². The number of rotatable bonds is 4. The summed E-state index contributed by atoms with van der Waals surface area (Å²) in [7, 11) is 1.08. The van der Waals surface area contributed by atoms with Gasteiger partial charge in [0.2, 0.25) is 0 Å². The average molecular weight is 257 g/mol. The van der Waals surface area contributed by atoms with Crippen LogP contribution in [0.1, 0.15) is 15.9 Å². The van der Waals surface area contributed by atoms with Crippen molar-refractivity contribution in [3.8, 4) is 5.75 Å². The van der Waals surface area contributed by atoms with Crippen molar-refractivity contribution < 1.29 is 28.9 Å². The third-order valence-corrected chi connectivity index (χ3v) is 2.30. The van der Waals surface area contributed by atoms with E-state index in [1.54, 1.807) is 0 Å². The van der Waals surface area contributed by atoms with Crippen LogP contribution in [-0.2, 0) is 16.0 Å². The Labute approximate surface area is 102 Å². The Morgan fingerprint density at radius 1 is 1.50 bits per heavy atom. The monoisotopic (exact) mass is 257 g/mol. The van der Waals surface area contributed by atoms with Gasteiger partial charge >= 0.3 is 11.9 Å². The van der Waals surface area contributed by atoms with Gasteiger partial charge in [-0.1, -0.05) is 0 Å². The van der Waals surface area contributed by atoms with E-state index in [0.29, 0.717) is 0 Å². The lowest BCUT2D eigenvalue weighted by atomic mass is 10.0. The maximum Gasteiger partial charge on any atom is 0.341 e. The molecule has 1 unspecified atom stereocenters. The maximum absolute atomic E-state index is 13.3. The lowest BCUT2D eigenvalue weighted by Crippen LogP contribution is -2.32.